The molecule has 2 N–H and O–H groups in total. The van der Waals surface area contributed by atoms with Gasteiger partial charge in [-0.25, -0.2) is 8.42 Å². The van der Waals surface area contributed by atoms with Gasteiger partial charge < -0.3 is 10.4 Å². The minimum absolute atomic E-state index is 0.161. The van der Waals surface area contributed by atoms with Gasteiger partial charge in [-0.05, 0) is 35.0 Å². The first-order valence-electron chi connectivity index (χ1n) is 6.07. The molecule has 0 saturated carbocycles. The Kier molecular flexibility index (Phi) is 4.06. The summed E-state index contributed by atoms with van der Waals surface area (Å²) in [6.07, 6.45) is 0. The van der Waals surface area contributed by atoms with Crippen molar-refractivity contribution in [3.8, 4) is 0 Å². The van der Waals surface area contributed by atoms with Crippen LogP contribution in [0.4, 0.5) is 5.69 Å². The average Bonchev–Trinajstić information content (AvgIpc) is 2.37. The lowest BCUT2D eigenvalue weighted by Gasteiger charge is -2.07. The Labute approximate surface area is 117 Å². The molecular weight excluding hydrogens is 278 g/mol. The molecule has 0 aliphatic heterocycles. The van der Waals surface area contributed by atoms with Crippen molar-refractivity contribution in [1.29, 1.82) is 0 Å². The lowest BCUT2D eigenvalue weighted by atomic mass is 10.1. The molecule has 2 aromatic rings. The van der Waals surface area contributed by atoms with Crippen LogP contribution in [0, 0.1) is 0 Å². The van der Waals surface area contributed by atoms with Crippen LogP contribution in [0.5, 0.6) is 0 Å². The lowest BCUT2D eigenvalue weighted by molar-refractivity contribution is -0.114. The highest BCUT2D eigenvalue weighted by molar-refractivity contribution is 7.91. The number of fused-ring (bicyclic) bond motifs is 1. The van der Waals surface area contributed by atoms with Crippen LogP contribution in [0.3, 0.4) is 0 Å². The van der Waals surface area contributed by atoms with E-state index in [9.17, 15) is 13.2 Å². The molecule has 0 radical (unpaired) electrons. The van der Waals surface area contributed by atoms with Gasteiger partial charge in [0.2, 0.25) is 5.91 Å². The Bertz CT molecular complexity index is 753. The number of sulfone groups is 1. The van der Waals surface area contributed by atoms with E-state index in [2.05, 4.69) is 5.32 Å². The van der Waals surface area contributed by atoms with Crippen molar-refractivity contribution in [2.45, 2.75) is 11.8 Å². The van der Waals surface area contributed by atoms with Crippen molar-refractivity contribution in [1.82, 2.24) is 0 Å². The van der Waals surface area contributed by atoms with Crippen molar-refractivity contribution >= 4 is 32.2 Å². The number of carbonyl (C=O) groups excluding carboxylic acids is 1. The van der Waals surface area contributed by atoms with Crippen LogP contribution in [0.2, 0.25) is 0 Å². The molecule has 0 heterocycles. The Hall–Kier alpha value is -1.92. The van der Waals surface area contributed by atoms with Crippen molar-refractivity contribution in [3.05, 3.63) is 36.4 Å². The van der Waals surface area contributed by atoms with Crippen molar-refractivity contribution in [3.63, 3.8) is 0 Å². The van der Waals surface area contributed by atoms with Crippen LogP contribution in [-0.4, -0.2) is 31.8 Å². The van der Waals surface area contributed by atoms with Crippen LogP contribution >= 0.6 is 0 Å². The highest BCUT2D eigenvalue weighted by Gasteiger charge is 2.13. The van der Waals surface area contributed by atoms with E-state index in [-0.39, 0.29) is 16.6 Å². The first kappa shape index (κ1) is 14.5. The van der Waals surface area contributed by atoms with Crippen LogP contribution in [-0.2, 0) is 14.6 Å². The largest absolute Gasteiger partial charge is 0.395 e. The van der Waals surface area contributed by atoms with Gasteiger partial charge in [0.25, 0.3) is 0 Å². The molecule has 5 nitrogen and oxygen atoms in total. The van der Waals surface area contributed by atoms with E-state index in [1.54, 1.807) is 30.3 Å². The molecule has 0 saturated heterocycles. The summed E-state index contributed by atoms with van der Waals surface area (Å²) in [6.45, 7) is 1.02. The number of hydrogen-bond donors (Lipinski definition) is 2. The quantitative estimate of drug-likeness (QED) is 0.896. The normalized spacial score (nSPS) is 11.5. The molecule has 0 fully saturated rings. The van der Waals surface area contributed by atoms with Gasteiger partial charge in [0.15, 0.2) is 9.84 Å². The van der Waals surface area contributed by atoms with E-state index < -0.39 is 16.4 Å². The minimum atomic E-state index is -3.45. The third-order valence-electron chi connectivity index (χ3n) is 2.85. The number of carbonyl (C=O) groups is 1. The summed E-state index contributed by atoms with van der Waals surface area (Å²) < 4.78 is 23.7. The third-order valence-corrected chi connectivity index (χ3v) is 4.54. The van der Waals surface area contributed by atoms with Crippen molar-refractivity contribution < 1.29 is 18.3 Å². The van der Waals surface area contributed by atoms with Crippen LogP contribution in [0.1, 0.15) is 6.92 Å². The molecule has 0 atom stereocenters. The summed E-state index contributed by atoms with van der Waals surface area (Å²) in [5.74, 6) is -0.450. The number of hydrogen-bond acceptors (Lipinski definition) is 4. The minimum Gasteiger partial charge on any atom is -0.395 e. The number of benzene rings is 2. The summed E-state index contributed by atoms with van der Waals surface area (Å²) in [5, 5.41) is 13.0. The standard InChI is InChI=1S/C14H15NO4S/c1-10(17)15-13-4-2-12-9-14(5-3-11(12)8-13)20(18,19)7-6-16/h2-5,8-9,16H,6-7H2,1H3,(H,15,17). The summed E-state index contributed by atoms with van der Waals surface area (Å²) in [6, 6.07) is 10.00. The zero-order valence-electron chi connectivity index (χ0n) is 11.0. The maximum absolute atomic E-state index is 11.9. The molecule has 0 aromatic heterocycles. The van der Waals surface area contributed by atoms with E-state index in [4.69, 9.17) is 5.11 Å². The first-order valence-corrected chi connectivity index (χ1v) is 7.72. The van der Waals surface area contributed by atoms with E-state index in [1.807, 2.05) is 0 Å². The molecule has 0 aliphatic rings. The molecule has 1 amide bonds. The summed E-state index contributed by atoms with van der Waals surface area (Å²) in [4.78, 5) is 11.2. The number of aliphatic hydroxyl groups excluding tert-OH is 1. The van der Waals surface area contributed by atoms with E-state index in [0.29, 0.717) is 5.69 Å². The Morgan fingerprint density at radius 3 is 2.45 bits per heavy atom. The fraction of sp³-hybridized carbons (Fsp3) is 0.214. The molecule has 2 rings (SSSR count). The predicted molar refractivity (Wildman–Crippen MR) is 77.4 cm³/mol. The SMILES string of the molecule is CC(=O)Nc1ccc2cc(S(=O)(=O)CCO)ccc2c1. The number of anilines is 1. The molecular formula is C14H15NO4S. The van der Waals surface area contributed by atoms with E-state index >= 15 is 0 Å². The zero-order valence-corrected chi connectivity index (χ0v) is 11.8. The summed E-state index contributed by atoms with van der Waals surface area (Å²) in [7, 11) is -3.45. The molecule has 6 heteroatoms. The van der Waals surface area contributed by atoms with Crippen molar-refractivity contribution in [2.75, 3.05) is 17.7 Å². The fourth-order valence-electron chi connectivity index (χ4n) is 1.94. The Balaban J connectivity index is 2.44. The lowest BCUT2D eigenvalue weighted by Crippen LogP contribution is -2.09. The first-order chi connectivity index (χ1) is 9.42. The highest BCUT2D eigenvalue weighted by Crippen LogP contribution is 2.23. The second-order valence-electron chi connectivity index (χ2n) is 4.45. The third kappa shape index (κ3) is 3.15. The van der Waals surface area contributed by atoms with Gasteiger partial charge in [0, 0.05) is 12.6 Å². The topological polar surface area (TPSA) is 83.5 Å². The van der Waals surface area contributed by atoms with Gasteiger partial charge in [-0.15, -0.1) is 0 Å². The number of rotatable bonds is 4. The predicted octanol–water partition coefficient (Wildman–Crippen LogP) is 1.56. The van der Waals surface area contributed by atoms with Gasteiger partial charge in [0.1, 0.15) is 0 Å². The monoisotopic (exact) mass is 293 g/mol. The van der Waals surface area contributed by atoms with Crippen LogP contribution in [0.25, 0.3) is 10.8 Å². The Morgan fingerprint density at radius 1 is 1.15 bits per heavy atom. The molecule has 0 bridgehead atoms. The van der Waals surface area contributed by atoms with Gasteiger partial charge in [-0.2, -0.15) is 0 Å². The molecule has 0 aliphatic carbocycles. The Morgan fingerprint density at radius 2 is 1.80 bits per heavy atom. The number of aliphatic hydroxyl groups is 1. The summed E-state index contributed by atoms with van der Waals surface area (Å²) in [5.41, 5.74) is 0.663. The average molecular weight is 293 g/mol. The molecule has 0 unspecified atom stereocenters. The second-order valence-corrected chi connectivity index (χ2v) is 6.56. The number of nitrogens with one attached hydrogen (secondary N) is 1. The van der Waals surface area contributed by atoms with Gasteiger partial charge >= 0.3 is 0 Å². The van der Waals surface area contributed by atoms with Crippen LogP contribution < -0.4 is 5.32 Å². The van der Waals surface area contributed by atoms with E-state index in [1.165, 1.54) is 13.0 Å². The number of amides is 1. The maximum atomic E-state index is 11.9. The smallest absolute Gasteiger partial charge is 0.221 e. The second kappa shape index (κ2) is 5.60. The molecule has 106 valence electrons. The zero-order chi connectivity index (χ0) is 14.8. The van der Waals surface area contributed by atoms with Gasteiger partial charge in [-0.1, -0.05) is 12.1 Å². The van der Waals surface area contributed by atoms with Crippen LogP contribution in [0.15, 0.2) is 41.3 Å². The maximum Gasteiger partial charge on any atom is 0.221 e. The molecule has 2 aromatic carbocycles. The van der Waals surface area contributed by atoms with Gasteiger partial charge in [0.05, 0.1) is 17.3 Å². The summed E-state index contributed by atoms with van der Waals surface area (Å²) >= 11 is 0. The molecule has 20 heavy (non-hydrogen) atoms. The highest BCUT2D eigenvalue weighted by atomic mass is 32.2. The molecule has 0 spiro atoms. The van der Waals surface area contributed by atoms with Gasteiger partial charge in [-0.3, -0.25) is 4.79 Å². The fourth-order valence-corrected chi connectivity index (χ4v) is 2.99. The van der Waals surface area contributed by atoms with E-state index in [0.717, 1.165) is 10.8 Å². The van der Waals surface area contributed by atoms with Crippen molar-refractivity contribution in [2.24, 2.45) is 0 Å².